The molecule has 2 unspecified atom stereocenters. The third-order valence-corrected chi connectivity index (χ3v) is 5.95. The van der Waals surface area contributed by atoms with E-state index >= 15 is 0 Å². The van der Waals surface area contributed by atoms with E-state index in [4.69, 9.17) is 0 Å². The van der Waals surface area contributed by atoms with Crippen LogP contribution in [-0.4, -0.2) is 58.9 Å². The van der Waals surface area contributed by atoms with Gasteiger partial charge in [-0.3, -0.25) is 9.59 Å². The Hall–Kier alpha value is -2.96. The van der Waals surface area contributed by atoms with E-state index < -0.39 is 0 Å². The molecule has 1 N–H and O–H groups in total. The van der Waals surface area contributed by atoms with Gasteiger partial charge < -0.3 is 15.1 Å². The number of anilines is 1. The summed E-state index contributed by atoms with van der Waals surface area (Å²) in [5.41, 5.74) is 1.01. The molecule has 2 fully saturated rings. The van der Waals surface area contributed by atoms with E-state index in [1.165, 1.54) is 0 Å². The molecule has 2 saturated heterocycles. The Morgan fingerprint density at radius 2 is 1.73 bits per heavy atom. The number of benzene rings is 1. The molecule has 30 heavy (non-hydrogen) atoms. The average molecular weight is 408 g/mol. The SMILES string of the molecule is O=C(NC1CCCN(c2ncccn2)C1)C1CCCN(C(=O)Cc2ccccc2)C1. The molecule has 1 aromatic heterocycles. The summed E-state index contributed by atoms with van der Waals surface area (Å²) in [4.78, 5) is 38.3. The fraction of sp³-hybridized carbons (Fsp3) is 0.478. The van der Waals surface area contributed by atoms with Crippen LogP contribution in [0.3, 0.4) is 0 Å². The molecule has 1 aromatic carbocycles. The van der Waals surface area contributed by atoms with Crippen LogP contribution >= 0.6 is 0 Å². The summed E-state index contributed by atoms with van der Waals surface area (Å²) in [6, 6.07) is 11.7. The number of hydrogen-bond acceptors (Lipinski definition) is 5. The van der Waals surface area contributed by atoms with E-state index in [2.05, 4.69) is 20.2 Å². The van der Waals surface area contributed by atoms with Crippen LogP contribution in [0.1, 0.15) is 31.2 Å². The van der Waals surface area contributed by atoms with Gasteiger partial charge in [-0.1, -0.05) is 30.3 Å². The molecule has 3 heterocycles. The zero-order chi connectivity index (χ0) is 20.8. The second-order valence-electron chi connectivity index (χ2n) is 8.18. The van der Waals surface area contributed by atoms with Crippen molar-refractivity contribution in [3.05, 3.63) is 54.4 Å². The molecular weight excluding hydrogens is 378 g/mol. The minimum atomic E-state index is -0.137. The highest BCUT2D eigenvalue weighted by molar-refractivity contribution is 5.82. The molecule has 7 nitrogen and oxygen atoms in total. The Bertz CT molecular complexity index is 845. The lowest BCUT2D eigenvalue weighted by molar-refractivity contribution is -0.135. The quantitative estimate of drug-likeness (QED) is 0.821. The average Bonchev–Trinajstić information content (AvgIpc) is 2.80. The summed E-state index contributed by atoms with van der Waals surface area (Å²) in [5.74, 6) is 0.741. The molecule has 0 aliphatic carbocycles. The zero-order valence-electron chi connectivity index (χ0n) is 17.2. The second-order valence-corrected chi connectivity index (χ2v) is 8.18. The Kier molecular flexibility index (Phi) is 6.57. The van der Waals surface area contributed by atoms with E-state index in [9.17, 15) is 9.59 Å². The largest absolute Gasteiger partial charge is 0.351 e. The van der Waals surface area contributed by atoms with E-state index in [1.807, 2.05) is 35.2 Å². The van der Waals surface area contributed by atoms with Gasteiger partial charge in [0.15, 0.2) is 0 Å². The van der Waals surface area contributed by atoms with Crippen LogP contribution in [0.4, 0.5) is 5.95 Å². The van der Waals surface area contributed by atoms with E-state index in [0.717, 1.165) is 50.9 Å². The predicted molar refractivity (Wildman–Crippen MR) is 115 cm³/mol. The Balaban J connectivity index is 1.30. The van der Waals surface area contributed by atoms with Crippen LogP contribution < -0.4 is 10.2 Å². The highest BCUT2D eigenvalue weighted by Crippen LogP contribution is 2.20. The first kappa shape index (κ1) is 20.3. The normalized spacial score (nSPS) is 21.9. The van der Waals surface area contributed by atoms with Gasteiger partial charge in [-0.05, 0) is 37.3 Å². The number of likely N-dealkylation sites (tertiary alicyclic amines) is 1. The Morgan fingerprint density at radius 1 is 0.967 bits per heavy atom. The lowest BCUT2D eigenvalue weighted by Crippen LogP contribution is -2.52. The molecule has 0 saturated carbocycles. The van der Waals surface area contributed by atoms with E-state index in [-0.39, 0.29) is 23.8 Å². The number of amides is 2. The fourth-order valence-corrected chi connectivity index (χ4v) is 4.35. The van der Waals surface area contributed by atoms with Crippen LogP contribution in [-0.2, 0) is 16.0 Å². The van der Waals surface area contributed by atoms with Crippen LogP contribution in [0.5, 0.6) is 0 Å². The van der Waals surface area contributed by atoms with Crippen LogP contribution in [0.15, 0.2) is 48.8 Å². The first-order valence-corrected chi connectivity index (χ1v) is 10.8. The number of hydrogen-bond donors (Lipinski definition) is 1. The van der Waals surface area contributed by atoms with E-state index in [1.54, 1.807) is 18.5 Å². The molecular formula is C23H29N5O2. The van der Waals surface area contributed by atoms with Crippen molar-refractivity contribution in [1.82, 2.24) is 20.2 Å². The van der Waals surface area contributed by atoms with Crippen molar-refractivity contribution in [3.63, 3.8) is 0 Å². The smallest absolute Gasteiger partial charge is 0.227 e. The van der Waals surface area contributed by atoms with Crippen LogP contribution in [0.25, 0.3) is 0 Å². The standard InChI is InChI=1S/C23H29N5O2/c29-21(15-18-7-2-1-3-8-18)27-13-4-9-19(16-27)22(30)26-20-10-5-14-28(17-20)23-24-11-6-12-25-23/h1-3,6-8,11-12,19-20H,4-5,9-10,13-17H2,(H,26,30). The highest BCUT2D eigenvalue weighted by Gasteiger charge is 2.31. The van der Waals surface area contributed by atoms with Crippen molar-refractivity contribution in [2.24, 2.45) is 5.92 Å². The minimum absolute atomic E-state index is 0.0630. The van der Waals surface area contributed by atoms with Crippen molar-refractivity contribution in [2.45, 2.75) is 38.1 Å². The molecule has 7 heteroatoms. The second kappa shape index (κ2) is 9.69. The maximum absolute atomic E-state index is 12.9. The van der Waals surface area contributed by atoms with Gasteiger partial charge in [0.25, 0.3) is 0 Å². The molecule has 2 aliphatic rings. The molecule has 0 bridgehead atoms. The molecule has 0 spiro atoms. The summed E-state index contributed by atoms with van der Waals surface area (Å²) in [6.45, 7) is 2.87. The number of carbonyl (C=O) groups excluding carboxylic acids is 2. The van der Waals surface area contributed by atoms with Gasteiger partial charge >= 0.3 is 0 Å². The molecule has 2 aliphatic heterocycles. The summed E-state index contributed by atoms with van der Waals surface area (Å²) in [5, 5.41) is 3.22. The van der Waals surface area contributed by atoms with Crippen molar-refractivity contribution in [3.8, 4) is 0 Å². The third-order valence-electron chi connectivity index (χ3n) is 5.95. The molecule has 4 rings (SSSR count). The van der Waals surface area contributed by atoms with Gasteiger partial charge in [-0.15, -0.1) is 0 Å². The predicted octanol–water partition coefficient (Wildman–Crippen LogP) is 2.04. The van der Waals surface area contributed by atoms with Gasteiger partial charge in [0.05, 0.1) is 12.3 Å². The van der Waals surface area contributed by atoms with Gasteiger partial charge in [-0.2, -0.15) is 0 Å². The number of rotatable bonds is 5. The maximum Gasteiger partial charge on any atom is 0.227 e. The highest BCUT2D eigenvalue weighted by atomic mass is 16.2. The number of nitrogens with one attached hydrogen (secondary N) is 1. The zero-order valence-corrected chi connectivity index (χ0v) is 17.2. The van der Waals surface area contributed by atoms with Crippen LogP contribution in [0, 0.1) is 5.92 Å². The van der Waals surface area contributed by atoms with Crippen molar-refractivity contribution in [2.75, 3.05) is 31.1 Å². The number of aromatic nitrogens is 2. The van der Waals surface area contributed by atoms with Crippen molar-refractivity contribution >= 4 is 17.8 Å². The monoisotopic (exact) mass is 407 g/mol. The number of carbonyl (C=O) groups is 2. The maximum atomic E-state index is 12.9. The topological polar surface area (TPSA) is 78.4 Å². The minimum Gasteiger partial charge on any atom is -0.351 e. The summed E-state index contributed by atoms with van der Waals surface area (Å²) < 4.78 is 0. The Labute approximate surface area is 177 Å². The molecule has 0 radical (unpaired) electrons. The first-order valence-electron chi connectivity index (χ1n) is 10.8. The van der Waals surface area contributed by atoms with Gasteiger partial charge in [0, 0.05) is 44.6 Å². The van der Waals surface area contributed by atoms with Crippen molar-refractivity contribution in [1.29, 1.82) is 0 Å². The summed E-state index contributed by atoms with van der Waals surface area (Å²) in [7, 11) is 0. The van der Waals surface area contributed by atoms with Crippen molar-refractivity contribution < 1.29 is 9.59 Å². The lowest BCUT2D eigenvalue weighted by atomic mass is 9.95. The molecule has 2 aromatic rings. The number of piperidine rings is 2. The summed E-state index contributed by atoms with van der Waals surface area (Å²) >= 11 is 0. The lowest BCUT2D eigenvalue weighted by Gasteiger charge is -2.36. The molecule has 158 valence electrons. The number of nitrogens with zero attached hydrogens (tertiary/aromatic N) is 4. The van der Waals surface area contributed by atoms with E-state index in [0.29, 0.717) is 18.9 Å². The first-order chi connectivity index (χ1) is 14.7. The van der Waals surface area contributed by atoms with Gasteiger partial charge in [0.1, 0.15) is 0 Å². The fourth-order valence-electron chi connectivity index (χ4n) is 4.35. The Morgan fingerprint density at radius 3 is 2.53 bits per heavy atom. The van der Waals surface area contributed by atoms with Gasteiger partial charge in [0.2, 0.25) is 17.8 Å². The van der Waals surface area contributed by atoms with Gasteiger partial charge in [-0.25, -0.2) is 9.97 Å². The summed E-state index contributed by atoms with van der Waals surface area (Å²) in [6.07, 6.45) is 7.53. The van der Waals surface area contributed by atoms with Crippen LogP contribution in [0.2, 0.25) is 0 Å². The third kappa shape index (κ3) is 5.14. The molecule has 2 atom stereocenters. The molecule has 2 amide bonds.